The molecule has 2 aromatic heterocycles. The van der Waals surface area contributed by atoms with Gasteiger partial charge < -0.3 is 14.7 Å². The lowest BCUT2D eigenvalue weighted by Crippen LogP contribution is -2.26. The molecule has 90 valence electrons. The summed E-state index contributed by atoms with van der Waals surface area (Å²) < 4.78 is 6.30. The van der Waals surface area contributed by atoms with Crippen molar-refractivity contribution in [3.05, 3.63) is 46.1 Å². The van der Waals surface area contributed by atoms with Crippen LogP contribution in [0.2, 0.25) is 0 Å². The summed E-state index contributed by atoms with van der Waals surface area (Å²) >= 11 is 3.29. The Balaban J connectivity index is 2.04. The number of H-pyrrole nitrogens is 1. The van der Waals surface area contributed by atoms with Crippen LogP contribution in [0.1, 0.15) is 35.0 Å². The molecule has 2 N–H and O–H groups in total. The normalized spacial score (nSPS) is 12.4. The summed E-state index contributed by atoms with van der Waals surface area (Å²) in [5.41, 5.74) is 0.520. The van der Waals surface area contributed by atoms with Crippen LogP contribution in [0.25, 0.3) is 0 Å². The van der Waals surface area contributed by atoms with Crippen molar-refractivity contribution in [3.63, 3.8) is 0 Å². The van der Waals surface area contributed by atoms with Crippen molar-refractivity contribution in [2.24, 2.45) is 0 Å². The smallest absolute Gasteiger partial charge is 0.268 e. The van der Waals surface area contributed by atoms with Crippen molar-refractivity contribution < 1.29 is 9.21 Å². The van der Waals surface area contributed by atoms with E-state index in [1.165, 1.54) is 0 Å². The number of aromatic amines is 1. The molecule has 0 bridgehead atoms. The van der Waals surface area contributed by atoms with Crippen LogP contribution < -0.4 is 5.32 Å². The number of rotatable bonds is 3. The Morgan fingerprint density at radius 3 is 2.82 bits per heavy atom. The van der Waals surface area contributed by atoms with Crippen molar-refractivity contribution in [2.45, 2.75) is 19.9 Å². The van der Waals surface area contributed by atoms with Crippen LogP contribution in [-0.4, -0.2) is 10.9 Å². The average Bonchev–Trinajstić information content (AvgIpc) is 2.87. The zero-order valence-electron chi connectivity index (χ0n) is 9.58. The van der Waals surface area contributed by atoms with Crippen LogP contribution in [-0.2, 0) is 0 Å². The van der Waals surface area contributed by atoms with Crippen LogP contribution >= 0.6 is 15.9 Å². The molecule has 0 spiro atoms. The summed E-state index contributed by atoms with van der Waals surface area (Å²) in [7, 11) is 0. The van der Waals surface area contributed by atoms with Gasteiger partial charge in [-0.25, -0.2) is 0 Å². The van der Waals surface area contributed by atoms with E-state index in [2.05, 4.69) is 26.2 Å². The third-order valence-electron chi connectivity index (χ3n) is 2.43. The molecule has 0 aromatic carbocycles. The third-order valence-corrected chi connectivity index (χ3v) is 2.89. The first-order valence-electron chi connectivity index (χ1n) is 5.27. The van der Waals surface area contributed by atoms with Gasteiger partial charge in [0.05, 0.1) is 6.04 Å². The van der Waals surface area contributed by atoms with Gasteiger partial charge in [0.2, 0.25) is 0 Å². The lowest BCUT2D eigenvalue weighted by atomic mass is 10.2. The number of aromatic nitrogens is 1. The van der Waals surface area contributed by atoms with E-state index in [9.17, 15) is 4.79 Å². The molecule has 1 atom stereocenters. The van der Waals surface area contributed by atoms with Gasteiger partial charge in [-0.05, 0) is 48.0 Å². The van der Waals surface area contributed by atoms with Crippen LogP contribution in [0.4, 0.5) is 0 Å². The molecule has 1 unspecified atom stereocenters. The highest BCUT2D eigenvalue weighted by molar-refractivity contribution is 9.10. The number of amides is 1. The van der Waals surface area contributed by atoms with E-state index in [1.807, 2.05) is 26.0 Å². The Morgan fingerprint density at radius 2 is 2.29 bits per heavy atom. The van der Waals surface area contributed by atoms with Gasteiger partial charge in [0.15, 0.2) is 0 Å². The molecule has 17 heavy (non-hydrogen) atoms. The van der Waals surface area contributed by atoms with Gasteiger partial charge in [-0.3, -0.25) is 4.79 Å². The van der Waals surface area contributed by atoms with Gasteiger partial charge in [-0.2, -0.15) is 0 Å². The molecular formula is C12H13BrN2O2. The molecule has 2 aromatic rings. The topological polar surface area (TPSA) is 58.0 Å². The monoisotopic (exact) mass is 296 g/mol. The molecule has 0 saturated heterocycles. The summed E-state index contributed by atoms with van der Waals surface area (Å²) in [6.45, 7) is 3.76. The van der Waals surface area contributed by atoms with Crippen molar-refractivity contribution in [1.82, 2.24) is 10.3 Å². The van der Waals surface area contributed by atoms with Gasteiger partial charge in [-0.1, -0.05) is 0 Å². The second-order valence-corrected chi connectivity index (χ2v) is 4.79. The highest BCUT2D eigenvalue weighted by Gasteiger charge is 2.14. The molecule has 0 fully saturated rings. The van der Waals surface area contributed by atoms with E-state index in [4.69, 9.17) is 4.42 Å². The maximum Gasteiger partial charge on any atom is 0.268 e. The average molecular weight is 297 g/mol. The first kappa shape index (κ1) is 12.0. The van der Waals surface area contributed by atoms with E-state index >= 15 is 0 Å². The summed E-state index contributed by atoms with van der Waals surface area (Å²) in [5, 5.41) is 2.85. The Morgan fingerprint density at radius 1 is 1.53 bits per heavy atom. The highest BCUT2D eigenvalue weighted by atomic mass is 79.9. The summed E-state index contributed by atoms with van der Waals surface area (Å²) in [5.74, 6) is 1.43. The molecule has 0 aliphatic rings. The first-order chi connectivity index (χ1) is 8.06. The highest BCUT2D eigenvalue weighted by Crippen LogP contribution is 2.17. The largest absolute Gasteiger partial charge is 0.464 e. The van der Waals surface area contributed by atoms with Gasteiger partial charge >= 0.3 is 0 Å². The molecule has 1 amide bonds. The second kappa shape index (κ2) is 4.79. The fourth-order valence-corrected chi connectivity index (χ4v) is 1.87. The van der Waals surface area contributed by atoms with E-state index in [0.29, 0.717) is 5.69 Å². The summed E-state index contributed by atoms with van der Waals surface area (Å²) in [4.78, 5) is 14.7. The lowest BCUT2D eigenvalue weighted by molar-refractivity contribution is 0.0930. The number of nitrogens with one attached hydrogen (secondary N) is 2. The van der Waals surface area contributed by atoms with Crippen molar-refractivity contribution in [3.8, 4) is 0 Å². The summed E-state index contributed by atoms with van der Waals surface area (Å²) in [6.07, 6.45) is 1.72. The summed E-state index contributed by atoms with van der Waals surface area (Å²) in [6, 6.07) is 5.32. The Bertz CT molecular complexity index is 530. The van der Waals surface area contributed by atoms with E-state index < -0.39 is 0 Å². The fraction of sp³-hybridized carbons (Fsp3) is 0.250. The molecule has 0 aliphatic heterocycles. The van der Waals surface area contributed by atoms with Gasteiger partial charge in [0.25, 0.3) is 5.91 Å². The molecule has 5 heteroatoms. The van der Waals surface area contributed by atoms with E-state index in [-0.39, 0.29) is 11.9 Å². The zero-order chi connectivity index (χ0) is 12.4. The van der Waals surface area contributed by atoms with Gasteiger partial charge in [0, 0.05) is 10.7 Å². The number of hydrogen-bond acceptors (Lipinski definition) is 2. The predicted octanol–water partition coefficient (Wildman–Crippen LogP) is 3.17. The molecule has 2 rings (SSSR count). The second-order valence-electron chi connectivity index (χ2n) is 3.88. The van der Waals surface area contributed by atoms with Crippen molar-refractivity contribution in [1.29, 1.82) is 0 Å². The first-order valence-corrected chi connectivity index (χ1v) is 6.06. The number of halogens is 1. The molecule has 0 saturated carbocycles. The number of furan rings is 1. The Hall–Kier alpha value is -1.49. The number of aryl methyl sites for hydroxylation is 1. The Labute approximate surface area is 108 Å². The SMILES string of the molecule is Cc1ccc(C(C)NC(=O)c2cc(Br)c[nH]2)o1. The fourth-order valence-electron chi connectivity index (χ4n) is 1.53. The third kappa shape index (κ3) is 2.79. The van der Waals surface area contributed by atoms with Crippen LogP contribution in [0.3, 0.4) is 0 Å². The minimum atomic E-state index is -0.155. The maximum atomic E-state index is 11.8. The zero-order valence-corrected chi connectivity index (χ0v) is 11.2. The van der Waals surface area contributed by atoms with Crippen LogP contribution in [0, 0.1) is 6.92 Å². The van der Waals surface area contributed by atoms with Crippen LogP contribution in [0.5, 0.6) is 0 Å². The molecule has 0 radical (unpaired) electrons. The van der Waals surface area contributed by atoms with Crippen LogP contribution in [0.15, 0.2) is 33.3 Å². The van der Waals surface area contributed by atoms with Crippen molar-refractivity contribution >= 4 is 21.8 Å². The van der Waals surface area contributed by atoms with Gasteiger partial charge in [0.1, 0.15) is 17.2 Å². The standard InChI is InChI=1S/C12H13BrN2O2/c1-7-3-4-11(17-7)8(2)15-12(16)10-5-9(13)6-14-10/h3-6,8,14H,1-2H3,(H,15,16). The number of carbonyl (C=O) groups is 1. The minimum absolute atomic E-state index is 0.154. The Kier molecular flexibility index (Phi) is 3.38. The van der Waals surface area contributed by atoms with Gasteiger partial charge in [-0.15, -0.1) is 0 Å². The number of hydrogen-bond donors (Lipinski definition) is 2. The lowest BCUT2D eigenvalue weighted by Gasteiger charge is -2.10. The molecule has 0 aliphatic carbocycles. The quantitative estimate of drug-likeness (QED) is 0.914. The van der Waals surface area contributed by atoms with Crippen molar-refractivity contribution in [2.75, 3.05) is 0 Å². The minimum Gasteiger partial charge on any atom is -0.464 e. The molecular weight excluding hydrogens is 284 g/mol. The number of carbonyl (C=O) groups excluding carboxylic acids is 1. The maximum absolute atomic E-state index is 11.8. The predicted molar refractivity (Wildman–Crippen MR) is 67.8 cm³/mol. The molecule has 2 heterocycles. The molecule has 4 nitrogen and oxygen atoms in total. The van der Waals surface area contributed by atoms with E-state index in [0.717, 1.165) is 16.0 Å². The van der Waals surface area contributed by atoms with E-state index in [1.54, 1.807) is 12.3 Å².